The summed E-state index contributed by atoms with van der Waals surface area (Å²) in [4.78, 5) is 26.7. The average Bonchev–Trinajstić information content (AvgIpc) is 3.30. The number of fused-ring (bicyclic) bond motifs is 3. The Balaban J connectivity index is 1.64. The summed E-state index contributed by atoms with van der Waals surface area (Å²) in [5.74, 6) is 0.838. The summed E-state index contributed by atoms with van der Waals surface area (Å²) < 4.78 is 27.9. The molecule has 4 aromatic rings. The van der Waals surface area contributed by atoms with Gasteiger partial charge in [0.05, 0.1) is 38.2 Å². The maximum absolute atomic E-state index is 13.5. The van der Waals surface area contributed by atoms with Crippen LogP contribution in [0.15, 0.2) is 75.9 Å². The van der Waals surface area contributed by atoms with Crippen molar-refractivity contribution in [2.45, 2.75) is 12.0 Å². The molecule has 3 aromatic carbocycles. The molecule has 5 rings (SSSR count). The van der Waals surface area contributed by atoms with Gasteiger partial charge in [0, 0.05) is 17.3 Å². The van der Waals surface area contributed by atoms with Gasteiger partial charge in [-0.1, -0.05) is 18.2 Å². The molecule has 1 aromatic heterocycles. The van der Waals surface area contributed by atoms with Gasteiger partial charge in [0.15, 0.2) is 6.10 Å². The monoisotopic (exact) mass is 473 g/mol. The molecule has 35 heavy (non-hydrogen) atoms. The zero-order chi connectivity index (χ0) is 24.5. The minimum absolute atomic E-state index is 0.266. The molecule has 0 aliphatic carbocycles. The standard InChI is InChI=1S/C27H23NO7/c1-31-16-10-8-15(9-11-16)28-26(29)25-22(18-13-12-17(32-2)14-21(18)33-3)23-24(35-25)19-6-4-5-7-20(19)34-27(23)30/h4-14,22,25H,1-3H3,(H,28,29)/t22-,25+/m0/s1. The number of methoxy groups -OCH3 is 3. The van der Waals surface area contributed by atoms with Crippen molar-refractivity contribution in [2.24, 2.45) is 0 Å². The highest BCUT2D eigenvalue weighted by atomic mass is 16.5. The van der Waals surface area contributed by atoms with Gasteiger partial charge < -0.3 is 28.7 Å². The molecule has 1 N–H and O–H groups in total. The van der Waals surface area contributed by atoms with Crippen molar-refractivity contribution in [1.82, 2.24) is 0 Å². The third-order valence-corrected chi connectivity index (χ3v) is 6.05. The highest BCUT2D eigenvalue weighted by Crippen LogP contribution is 2.47. The molecule has 1 aliphatic rings. The van der Waals surface area contributed by atoms with E-state index >= 15 is 0 Å². The van der Waals surface area contributed by atoms with E-state index in [0.29, 0.717) is 45.2 Å². The number of ether oxygens (including phenoxy) is 4. The van der Waals surface area contributed by atoms with Crippen molar-refractivity contribution < 1.29 is 28.2 Å². The Labute approximate surface area is 201 Å². The second-order valence-electron chi connectivity index (χ2n) is 7.97. The topological polar surface area (TPSA) is 96.2 Å². The Morgan fingerprint density at radius 2 is 1.60 bits per heavy atom. The molecular weight excluding hydrogens is 450 g/mol. The summed E-state index contributed by atoms with van der Waals surface area (Å²) in [7, 11) is 4.64. The molecule has 1 amide bonds. The van der Waals surface area contributed by atoms with Crippen LogP contribution in [0.5, 0.6) is 23.0 Å². The van der Waals surface area contributed by atoms with Crippen molar-refractivity contribution in [3.63, 3.8) is 0 Å². The number of carbonyl (C=O) groups is 1. The minimum Gasteiger partial charge on any atom is -0.497 e. The Bertz CT molecular complexity index is 1460. The first-order valence-corrected chi connectivity index (χ1v) is 10.9. The molecule has 0 unspecified atom stereocenters. The number of rotatable bonds is 6. The lowest BCUT2D eigenvalue weighted by Crippen LogP contribution is -2.35. The number of para-hydroxylation sites is 1. The van der Waals surface area contributed by atoms with Crippen LogP contribution >= 0.6 is 0 Å². The normalized spacial score (nSPS) is 16.3. The highest BCUT2D eigenvalue weighted by molar-refractivity contribution is 5.98. The summed E-state index contributed by atoms with van der Waals surface area (Å²) in [5.41, 5.74) is 1.24. The van der Waals surface area contributed by atoms with Gasteiger partial charge in [0.2, 0.25) is 0 Å². The van der Waals surface area contributed by atoms with Crippen LogP contribution < -0.4 is 29.9 Å². The number of amides is 1. The molecule has 178 valence electrons. The number of anilines is 1. The van der Waals surface area contributed by atoms with E-state index in [1.165, 1.54) is 7.11 Å². The van der Waals surface area contributed by atoms with E-state index in [1.807, 2.05) is 6.07 Å². The van der Waals surface area contributed by atoms with Crippen LogP contribution in [0.25, 0.3) is 11.0 Å². The Hall–Kier alpha value is -4.46. The quantitative estimate of drug-likeness (QED) is 0.416. The zero-order valence-corrected chi connectivity index (χ0v) is 19.4. The molecule has 0 fully saturated rings. The lowest BCUT2D eigenvalue weighted by Gasteiger charge is -2.21. The van der Waals surface area contributed by atoms with Gasteiger partial charge in [0.1, 0.15) is 28.6 Å². The summed E-state index contributed by atoms with van der Waals surface area (Å²) >= 11 is 0. The van der Waals surface area contributed by atoms with E-state index in [9.17, 15) is 9.59 Å². The van der Waals surface area contributed by atoms with Crippen molar-refractivity contribution in [3.05, 3.63) is 88.3 Å². The molecule has 1 aliphatic heterocycles. The third kappa shape index (κ3) is 3.93. The Kier molecular flexibility index (Phi) is 5.78. The molecule has 0 radical (unpaired) electrons. The van der Waals surface area contributed by atoms with Crippen LogP contribution in [0.1, 0.15) is 17.0 Å². The van der Waals surface area contributed by atoms with E-state index in [-0.39, 0.29) is 5.56 Å². The first-order chi connectivity index (χ1) is 17.0. The lowest BCUT2D eigenvalue weighted by molar-refractivity contribution is -0.122. The molecule has 0 saturated heterocycles. The predicted molar refractivity (Wildman–Crippen MR) is 130 cm³/mol. The van der Waals surface area contributed by atoms with E-state index in [0.717, 1.165) is 0 Å². The van der Waals surface area contributed by atoms with E-state index in [1.54, 1.807) is 74.9 Å². The fourth-order valence-corrected chi connectivity index (χ4v) is 4.36. The first-order valence-electron chi connectivity index (χ1n) is 10.9. The molecule has 0 saturated carbocycles. The van der Waals surface area contributed by atoms with Crippen molar-refractivity contribution in [3.8, 4) is 23.0 Å². The van der Waals surface area contributed by atoms with E-state index in [2.05, 4.69) is 5.32 Å². The fourth-order valence-electron chi connectivity index (χ4n) is 4.36. The SMILES string of the molecule is COc1ccc(NC(=O)[C@@H]2Oc3c(c(=O)oc4ccccc34)[C@@H]2c2ccc(OC)cc2OC)cc1. The van der Waals surface area contributed by atoms with Crippen LogP contribution in [-0.4, -0.2) is 33.3 Å². The Morgan fingerprint density at radius 1 is 0.886 bits per heavy atom. The van der Waals surface area contributed by atoms with E-state index in [4.69, 9.17) is 23.4 Å². The predicted octanol–water partition coefficient (Wildman–Crippen LogP) is 4.35. The van der Waals surface area contributed by atoms with Crippen LogP contribution in [0, 0.1) is 0 Å². The van der Waals surface area contributed by atoms with Gasteiger partial charge in [-0.05, 0) is 42.5 Å². The second kappa shape index (κ2) is 9.06. The van der Waals surface area contributed by atoms with Crippen LogP contribution in [0.3, 0.4) is 0 Å². The van der Waals surface area contributed by atoms with Crippen LogP contribution in [0.4, 0.5) is 5.69 Å². The molecule has 0 spiro atoms. The third-order valence-electron chi connectivity index (χ3n) is 6.05. The smallest absolute Gasteiger partial charge is 0.344 e. The van der Waals surface area contributed by atoms with Gasteiger partial charge in [-0.15, -0.1) is 0 Å². The van der Waals surface area contributed by atoms with Crippen LogP contribution in [-0.2, 0) is 4.79 Å². The van der Waals surface area contributed by atoms with Gasteiger partial charge in [0.25, 0.3) is 5.91 Å². The summed E-state index contributed by atoms with van der Waals surface area (Å²) in [6.45, 7) is 0. The summed E-state index contributed by atoms with van der Waals surface area (Å²) in [5, 5.41) is 3.49. The highest BCUT2D eigenvalue weighted by Gasteiger charge is 2.45. The molecular formula is C27H23NO7. The average molecular weight is 473 g/mol. The summed E-state index contributed by atoms with van der Waals surface area (Å²) in [6.07, 6.45) is -1.05. The largest absolute Gasteiger partial charge is 0.497 e. The van der Waals surface area contributed by atoms with Crippen molar-refractivity contribution in [1.29, 1.82) is 0 Å². The molecule has 8 heteroatoms. The summed E-state index contributed by atoms with van der Waals surface area (Å²) in [6, 6.07) is 19.2. The Morgan fingerprint density at radius 3 is 2.31 bits per heavy atom. The maximum atomic E-state index is 13.5. The first kappa shape index (κ1) is 22.3. The number of hydrogen-bond acceptors (Lipinski definition) is 7. The molecule has 8 nitrogen and oxygen atoms in total. The van der Waals surface area contributed by atoms with Gasteiger partial charge in [-0.2, -0.15) is 0 Å². The van der Waals surface area contributed by atoms with Crippen LogP contribution in [0.2, 0.25) is 0 Å². The fraction of sp³-hybridized carbons (Fsp3) is 0.185. The molecule has 0 bridgehead atoms. The number of nitrogens with one attached hydrogen (secondary N) is 1. The van der Waals surface area contributed by atoms with Gasteiger partial charge >= 0.3 is 5.63 Å². The lowest BCUT2D eigenvalue weighted by atomic mass is 9.87. The number of carbonyl (C=O) groups excluding carboxylic acids is 1. The van der Waals surface area contributed by atoms with E-state index < -0.39 is 23.6 Å². The molecule has 2 atom stereocenters. The minimum atomic E-state index is -1.05. The second-order valence-corrected chi connectivity index (χ2v) is 7.97. The maximum Gasteiger partial charge on any atom is 0.344 e. The zero-order valence-electron chi connectivity index (χ0n) is 19.4. The molecule has 2 heterocycles. The number of hydrogen-bond donors (Lipinski definition) is 1. The van der Waals surface area contributed by atoms with Crippen molar-refractivity contribution >= 4 is 22.6 Å². The van der Waals surface area contributed by atoms with Crippen molar-refractivity contribution in [2.75, 3.05) is 26.6 Å². The number of benzene rings is 3. The van der Waals surface area contributed by atoms with Gasteiger partial charge in [-0.3, -0.25) is 4.79 Å². The van der Waals surface area contributed by atoms with Gasteiger partial charge in [-0.25, -0.2) is 4.79 Å².